The van der Waals surface area contributed by atoms with E-state index in [1.807, 2.05) is 36.4 Å². The molecule has 0 saturated heterocycles. The molecule has 0 aromatic heterocycles. The van der Waals surface area contributed by atoms with Crippen molar-refractivity contribution in [3.8, 4) is 5.75 Å². The Bertz CT molecular complexity index is 1690. The molecule has 3 aliphatic carbocycles. The van der Waals surface area contributed by atoms with Gasteiger partial charge >= 0.3 is 6.09 Å². The number of Topliss-reactive ketones (excluding diaryl/α,β-unsaturated/α-hetero) is 1. The van der Waals surface area contributed by atoms with E-state index in [0.29, 0.717) is 55.9 Å². The predicted octanol–water partition coefficient (Wildman–Crippen LogP) is 5.98. The van der Waals surface area contributed by atoms with Gasteiger partial charge in [0.05, 0.1) is 6.04 Å². The number of amides is 4. The third kappa shape index (κ3) is 12.3. The van der Waals surface area contributed by atoms with Gasteiger partial charge in [0, 0.05) is 50.2 Å². The maximum Gasteiger partial charge on any atom is 0.407 e. The molecule has 0 bridgehead atoms. The van der Waals surface area contributed by atoms with Crippen LogP contribution in [0.1, 0.15) is 126 Å². The number of phenolic OH excluding ortho intramolecular Hbond substituents is 1. The summed E-state index contributed by atoms with van der Waals surface area (Å²) in [4.78, 5) is 65.7. The summed E-state index contributed by atoms with van der Waals surface area (Å²) in [6, 6.07) is 14.4. The van der Waals surface area contributed by atoms with E-state index in [1.165, 1.54) is 11.1 Å². The molecule has 7 atom stereocenters. The van der Waals surface area contributed by atoms with Crippen LogP contribution in [0.25, 0.3) is 0 Å². The van der Waals surface area contributed by atoms with Crippen molar-refractivity contribution >= 4 is 29.6 Å². The highest BCUT2D eigenvalue weighted by atomic mass is 16.6. The minimum Gasteiger partial charge on any atom is -0.508 e. The van der Waals surface area contributed by atoms with E-state index in [0.717, 1.165) is 63.4 Å². The van der Waals surface area contributed by atoms with Gasteiger partial charge in [-0.05, 0) is 117 Å². The van der Waals surface area contributed by atoms with E-state index < -0.39 is 24.0 Å². The molecule has 2 aromatic rings. The maximum atomic E-state index is 13.8. The number of ether oxygens (including phenoxy) is 1. The normalized spacial score (nSPS) is 22.9. The van der Waals surface area contributed by atoms with Crippen LogP contribution in [0.5, 0.6) is 5.75 Å². The fourth-order valence-corrected chi connectivity index (χ4v) is 9.91. The molecule has 2 aromatic carbocycles. The number of fused-ring (bicyclic) bond motifs is 5. The van der Waals surface area contributed by atoms with Crippen molar-refractivity contribution in [1.29, 1.82) is 0 Å². The van der Waals surface area contributed by atoms with Crippen molar-refractivity contribution in [2.24, 2.45) is 28.9 Å². The third-order valence-electron chi connectivity index (χ3n) is 13.1. The number of aryl methyl sites for hydroxylation is 1. The third-order valence-corrected chi connectivity index (χ3v) is 13.1. The van der Waals surface area contributed by atoms with Crippen LogP contribution in [0.2, 0.25) is 0 Å². The number of aromatic hydroxyl groups is 1. The Kier molecular flexibility index (Phi) is 17.0. The molecule has 3 aliphatic rings. The van der Waals surface area contributed by atoms with Gasteiger partial charge in [0.1, 0.15) is 11.9 Å². The van der Waals surface area contributed by atoms with Crippen molar-refractivity contribution in [3.05, 3.63) is 65.2 Å². The van der Waals surface area contributed by atoms with Crippen LogP contribution < -0.4 is 27.0 Å². The van der Waals surface area contributed by atoms with Gasteiger partial charge < -0.3 is 36.8 Å². The van der Waals surface area contributed by atoms with Gasteiger partial charge in [0.25, 0.3) is 0 Å². The number of carbonyl (C=O) groups is 5. The van der Waals surface area contributed by atoms with Crippen molar-refractivity contribution in [1.82, 2.24) is 21.3 Å². The highest BCUT2D eigenvalue weighted by Gasteiger charge is 2.56. The number of unbranched alkanes of at least 4 members (excludes halogenated alkanes) is 3. The molecular formula is C46H67N5O7. The zero-order valence-electron chi connectivity index (χ0n) is 34.7. The highest BCUT2D eigenvalue weighted by Crippen LogP contribution is 2.61. The Labute approximate surface area is 344 Å². The van der Waals surface area contributed by atoms with Crippen LogP contribution in [0, 0.1) is 23.2 Å². The molecular weight excluding hydrogens is 735 g/mol. The van der Waals surface area contributed by atoms with E-state index >= 15 is 0 Å². The molecule has 58 heavy (non-hydrogen) atoms. The van der Waals surface area contributed by atoms with Crippen LogP contribution in [0.15, 0.2) is 48.5 Å². The van der Waals surface area contributed by atoms with Gasteiger partial charge in [-0.1, -0.05) is 69.5 Å². The minimum absolute atomic E-state index is 0.0278. The van der Waals surface area contributed by atoms with Gasteiger partial charge in [0.2, 0.25) is 17.7 Å². The SMILES string of the molecule is CCCCCNC(=O)CCC(=O)NC(Cc1ccccc1)C(=O)CC(CCCCN)C(=O)NCCNC(=O)OC1CCC2C3CCc4cc(O)ccc4C3CCC12C. The van der Waals surface area contributed by atoms with Crippen LogP contribution in [-0.2, 0) is 36.8 Å². The van der Waals surface area contributed by atoms with Crippen LogP contribution >= 0.6 is 0 Å². The molecule has 318 valence electrons. The van der Waals surface area contributed by atoms with E-state index in [2.05, 4.69) is 41.2 Å². The number of phenols is 1. The smallest absolute Gasteiger partial charge is 0.407 e. The molecule has 0 heterocycles. The molecule has 7 unspecified atom stereocenters. The quantitative estimate of drug-likeness (QED) is 0.0785. The first-order valence-corrected chi connectivity index (χ1v) is 21.9. The zero-order chi connectivity index (χ0) is 41.5. The van der Waals surface area contributed by atoms with E-state index in [-0.39, 0.29) is 67.9 Å². The molecule has 0 aliphatic heterocycles. The number of nitrogens with two attached hydrogens (primary N) is 1. The largest absolute Gasteiger partial charge is 0.508 e. The number of carbonyl (C=O) groups excluding carboxylic acids is 5. The van der Waals surface area contributed by atoms with Crippen LogP contribution in [0.4, 0.5) is 4.79 Å². The molecule has 4 amide bonds. The zero-order valence-corrected chi connectivity index (χ0v) is 34.7. The van der Waals surface area contributed by atoms with Crippen molar-refractivity contribution < 1.29 is 33.8 Å². The fraction of sp³-hybridized carbons (Fsp3) is 0.630. The van der Waals surface area contributed by atoms with Gasteiger partial charge in [-0.2, -0.15) is 0 Å². The molecule has 0 radical (unpaired) electrons. The second kappa shape index (κ2) is 22.1. The number of nitrogens with one attached hydrogen (secondary N) is 4. The van der Waals surface area contributed by atoms with E-state index in [9.17, 15) is 29.1 Å². The van der Waals surface area contributed by atoms with Gasteiger partial charge in [-0.3, -0.25) is 19.2 Å². The molecule has 5 rings (SSSR count). The van der Waals surface area contributed by atoms with Crippen molar-refractivity contribution in [2.45, 2.75) is 135 Å². The topological polar surface area (TPSA) is 189 Å². The molecule has 0 spiro atoms. The van der Waals surface area contributed by atoms with Gasteiger partial charge in [0.15, 0.2) is 5.78 Å². The Balaban J connectivity index is 1.10. The Morgan fingerprint density at radius 2 is 1.66 bits per heavy atom. The van der Waals surface area contributed by atoms with Crippen LogP contribution in [-0.4, -0.2) is 73.0 Å². The number of benzene rings is 2. The van der Waals surface area contributed by atoms with E-state index in [4.69, 9.17) is 10.5 Å². The summed E-state index contributed by atoms with van der Waals surface area (Å²) in [7, 11) is 0. The number of rotatable bonds is 22. The van der Waals surface area contributed by atoms with Crippen molar-refractivity contribution in [3.63, 3.8) is 0 Å². The summed E-state index contributed by atoms with van der Waals surface area (Å²) in [6.45, 7) is 5.75. The predicted molar refractivity (Wildman–Crippen MR) is 224 cm³/mol. The number of hydrogen-bond donors (Lipinski definition) is 6. The Morgan fingerprint density at radius 3 is 2.43 bits per heavy atom. The lowest BCUT2D eigenvalue weighted by atomic mass is 9.55. The average molecular weight is 802 g/mol. The first kappa shape index (κ1) is 44.6. The van der Waals surface area contributed by atoms with E-state index in [1.54, 1.807) is 6.07 Å². The standard InChI is InChI=1S/C46H67N5O7/c1-3-4-10-25-48-42(54)20-21-43(55)51-39(28-31-11-6-5-7-12-31)40(53)30-33(13-8-9-24-47)44(56)49-26-27-50-45(57)58-41-19-18-38-37-16-14-32-29-34(52)15-17-35(32)36(37)22-23-46(38,41)2/h5-7,11-12,15,17,29,33,36-39,41,52H,3-4,8-10,13-14,16,18-28,30,47H2,1-2H3,(H,48,54)(H,49,56)(H,50,57)(H,51,55). The maximum absolute atomic E-state index is 13.8. The molecule has 2 fully saturated rings. The summed E-state index contributed by atoms with van der Waals surface area (Å²) in [5, 5.41) is 21.4. The summed E-state index contributed by atoms with van der Waals surface area (Å²) >= 11 is 0. The molecule has 12 heteroatoms. The average Bonchev–Trinajstić information content (AvgIpc) is 3.55. The monoisotopic (exact) mass is 802 g/mol. The second-order valence-electron chi connectivity index (χ2n) is 17.1. The Morgan fingerprint density at radius 1 is 0.879 bits per heavy atom. The summed E-state index contributed by atoms with van der Waals surface area (Å²) < 4.78 is 6.08. The van der Waals surface area contributed by atoms with Gasteiger partial charge in [-0.25, -0.2) is 4.79 Å². The second-order valence-corrected chi connectivity index (χ2v) is 17.1. The lowest BCUT2D eigenvalue weighted by Crippen LogP contribution is -2.46. The molecule has 12 nitrogen and oxygen atoms in total. The van der Waals surface area contributed by atoms with Crippen LogP contribution in [0.3, 0.4) is 0 Å². The summed E-state index contributed by atoms with van der Waals surface area (Å²) in [6.07, 6.45) is 10.2. The molecule has 7 N–H and O–H groups in total. The lowest BCUT2D eigenvalue weighted by molar-refractivity contribution is -0.132. The Hall–Kier alpha value is -4.45. The number of alkyl carbamates (subject to hydrolysis) is 1. The molecule has 2 saturated carbocycles. The van der Waals surface area contributed by atoms with Gasteiger partial charge in [-0.15, -0.1) is 0 Å². The first-order chi connectivity index (χ1) is 28.0. The first-order valence-electron chi connectivity index (χ1n) is 21.9. The summed E-state index contributed by atoms with van der Waals surface area (Å²) in [5.41, 5.74) is 9.16. The summed E-state index contributed by atoms with van der Waals surface area (Å²) in [5.74, 6) is 0.0260. The van der Waals surface area contributed by atoms with Crippen molar-refractivity contribution in [2.75, 3.05) is 26.2 Å². The minimum atomic E-state index is -0.862. The fourth-order valence-electron chi connectivity index (χ4n) is 9.91. The number of ketones is 1. The number of hydrogen-bond acceptors (Lipinski definition) is 8. The lowest BCUT2D eigenvalue weighted by Gasteiger charge is -2.50. The highest BCUT2D eigenvalue weighted by molar-refractivity contribution is 5.93.